The molecule has 0 aliphatic heterocycles. The van der Waals surface area contributed by atoms with Crippen LogP contribution < -0.4 is 10.5 Å². The van der Waals surface area contributed by atoms with Gasteiger partial charge in [0.1, 0.15) is 0 Å². The van der Waals surface area contributed by atoms with Crippen molar-refractivity contribution in [3.63, 3.8) is 0 Å². The smallest absolute Gasteiger partial charge is 0.177 e. The number of alkyl halides is 2. The molecule has 0 spiro atoms. The van der Waals surface area contributed by atoms with E-state index in [1.165, 1.54) is 6.07 Å². The second-order valence-electron chi connectivity index (χ2n) is 6.60. The van der Waals surface area contributed by atoms with Crippen LogP contribution in [0.3, 0.4) is 0 Å². The minimum atomic E-state index is -1.27. The summed E-state index contributed by atoms with van der Waals surface area (Å²) in [4.78, 5) is 0. The second kappa shape index (κ2) is 10.2. The molecule has 2 unspecified atom stereocenters. The highest BCUT2D eigenvalue weighted by Gasteiger charge is 2.28. The highest BCUT2D eigenvalue weighted by molar-refractivity contribution is 6.30. The van der Waals surface area contributed by atoms with Crippen molar-refractivity contribution >= 4 is 46.7 Å². The molecule has 3 aromatic rings. The van der Waals surface area contributed by atoms with Gasteiger partial charge in [-0.1, -0.05) is 66.7 Å². The van der Waals surface area contributed by atoms with Crippen molar-refractivity contribution < 1.29 is 20.9 Å². The average molecular weight is 447 g/mol. The molecule has 3 rings (SSSR count). The molecule has 0 heterocycles. The topological polar surface area (TPSA) is 95.5 Å². The van der Waals surface area contributed by atoms with E-state index in [1.54, 1.807) is 24.3 Å². The Kier molecular flexibility index (Phi) is 7.60. The molecule has 0 aliphatic carbocycles. The monoisotopic (exact) mass is 446 g/mol. The van der Waals surface area contributed by atoms with Crippen molar-refractivity contribution in [2.45, 2.75) is 10.8 Å². The van der Waals surface area contributed by atoms with Crippen LogP contribution in [0.2, 0.25) is 0 Å². The van der Waals surface area contributed by atoms with Gasteiger partial charge in [0.05, 0.1) is 16.8 Å². The number of nitrogens with one attached hydrogen (secondary N) is 2. The van der Waals surface area contributed by atoms with E-state index in [0.717, 1.165) is 17.2 Å². The molecule has 4 N–H and O–H groups in total. The van der Waals surface area contributed by atoms with Crippen molar-refractivity contribution in [3.8, 4) is 0 Å². The first-order chi connectivity index (χ1) is 14.4. The fraction of sp³-hybridized carbons (Fsp3) is 0.0909. The molecule has 0 fully saturated rings. The standard InChI is InChI=1S/C22H20Cl2N2O4/c23-21(16-9-5-2-6-10-16)22(24)18-13-17(12-11-15-7-3-1-4-8-15)19(25(27)28)14-20(18)26(29)30/h1-14,21-22,25-27,29H/t21-,22-/m1/s1. The fourth-order valence-corrected chi connectivity index (χ4v) is 3.69. The third-order valence-electron chi connectivity index (χ3n) is 4.61. The van der Waals surface area contributed by atoms with E-state index < -0.39 is 21.2 Å². The molecule has 156 valence electrons. The van der Waals surface area contributed by atoms with Crippen LogP contribution in [0.15, 0.2) is 72.8 Å². The number of benzene rings is 3. The van der Waals surface area contributed by atoms with Crippen molar-refractivity contribution in [1.29, 1.82) is 0 Å². The fourth-order valence-electron chi connectivity index (χ4n) is 3.08. The summed E-state index contributed by atoms with van der Waals surface area (Å²) >= 11 is 13.1. The molecule has 0 saturated heterocycles. The van der Waals surface area contributed by atoms with E-state index >= 15 is 0 Å². The summed E-state index contributed by atoms with van der Waals surface area (Å²) < 4.78 is 0. The third-order valence-corrected chi connectivity index (χ3v) is 5.73. The molecule has 0 aliphatic rings. The van der Waals surface area contributed by atoms with Crippen molar-refractivity contribution in [3.05, 3.63) is 105 Å². The van der Waals surface area contributed by atoms with Crippen LogP contribution >= 0.6 is 23.2 Å². The molecule has 0 radical (unpaired) electrons. The molecule has 4 atom stereocenters. The molecule has 0 amide bonds. The Balaban J connectivity index is 2.08. The van der Waals surface area contributed by atoms with Gasteiger partial charge in [0.15, 0.2) is 11.4 Å². The molecule has 30 heavy (non-hydrogen) atoms. The maximum absolute atomic E-state index is 11.8. The number of halogens is 2. The summed E-state index contributed by atoms with van der Waals surface area (Å²) in [6, 6.07) is 21.0. The number of hydrogen-bond donors (Lipinski definition) is 4. The van der Waals surface area contributed by atoms with Crippen molar-refractivity contribution in [2.75, 3.05) is 0 Å². The highest BCUT2D eigenvalue weighted by Crippen LogP contribution is 2.42. The highest BCUT2D eigenvalue weighted by atomic mass is 35.5. The quantitative estimate of drug-likeness (QED) is 0.251. The van der Waals surface area contributed by atoms with Gasteiger partial charge in [-0.05, 0) is 23.3 Å². The molecular weight excluding hydrogens is 427 g/mol. The summed E-state index contributed by atoms with van der Waals surface area (Å²) in [5.74, 6) is 0. The van der Waals surface area contributed by atoms with Crippen LogP contribution in [0.4, 0.5) is 11.4 Å². The van der Waals surface area contributed by atoms with Gasteiger partial charge in [0.25, 0.3) is 0 Å². The van der Waals surface area contributed by atoms with E-state index in [2.05, 4.69) is 0 Å². The Bertz CT molecular complexity index is 999. The lowest BCUT2D eigenvalue weighted by Crippen LogP contribution is -3.01. The van der Waals surface area contributed by atoms with Crippen LogP contribution in [-0.4, -0.2) is 10.4 Å². The molecule has 6 nitrogen and oxygen atoms in total. The molecule has 3 aromatic carbocycles. The largest absolute Gasteiger partial charge is 0.595 e. The SMILES string of the molecule is [O-][NH+](O)c1cc([NH+]([O-])O)c([C@@H](Cl)[C@H](Cl)c2ccccc2)cc1C=Cc1ccccc1. The van der Waals surface area contributed by atoms with Crippen LogP contribution in [-0.2, 0) is 0 Å². The Morgan fingerprint density at radius 2 is 1.30 bits per heavy atom. The third kappa shape index (κ3) is 5.26. The van der Waals surface area contributed by atoms with Crippen LogP contribution in [0.1, 0.15) is 33.0 Å². The first-order valence-electron chi connectivity index (χ1n) is 9.09. The van der Waals surface area contributed by atoms with Gasteiger partial charge < -0.3 is 10.4 Å². The predicted octanol–water partition coefficient (Wildman–Crippen LogP) is 3.92. The van der Waals surface area contributed by atoms with Gasteiger partial charge in [-0.15, -0.1) is 23.2 Å². The van der Waals surface area contributed by atoms with Gasteiger partial charge in [0.2, 0.25) is 0 Å². The maximum Gasteiger partial charge on any atom is 0.177 e. The number of hydrogen-bond acceptors (Lipinski definition) is 4. The Morgan fingerprint density at radius 3 is 1.87 bits per heavy atom. The van der Waals surface area contributed by atoms with Crippen molar-refractivity contribution in [2.24, 2.45) is 0 Å². The van der Waals surface area contributed by atoms with E-state index in [4.69, 9.17) is 23.2 Å². The molecule has 0 bridgehead atoms. The lowest BCUT2D eigenvalue weighted by atomic mass is 9.98. The zero-order valence-corrected chi connectivity index (χ0v) is 17.2. The van der Waals surface area contributed by atoms with Gasteiger partial charge in [-0.3, -0.25) is 0 Å². The van der Waals surface area contributed by atoms with Crippen LogP contribution in [0, 0.1) is 10.4 Å². The lowest BCUT2D eigenvalue weighted by Gasteiger charge is -2.24. The van der Waals surface area contributed by atoms with Gasteiger partial charge in [-0.2, -0.15) is 10.5 Å². The normalized spacial score (nSPS) is 15.7. The summed E-state index contributed by atoms with van der Waals surface area (Å²) in [6.45, 7) is 0. The zero-order valence-electron chi connectivity index (χ0n) is 15.7. The summed E-state index contributed by atoms with van der Waals surface area (Å²) in [7, 11) is 0. The predicted molar refractivity (Wildman–Crippen MR) is 117 cm³/mol. The zero-order chi connectivity index (χ0) is 21.7. The van der Waals surface area contributed by atoms with E-state index in [9.17, 15) is 20.8 Å². The first-order valence-corrected chi connectivity index (χ1v) is 9.96. The van der Waals surface area contributed by atoms with Crippen LogP contribution in [0.5, 0.6) is 0 Å². The second-order valence-corrected chi connectivity index (χ2v) is 7.54. The van der Waals surface area contributed by atoms with E-state index in [0.29, 0.717) is 5.56 Å². The summed E-state index contributed by atoms with van der Waals surface area (Å²) in [5.41, 5.74) is 1.89. The van der Waals surface area contributed by atoms with E-state index in [1.807, 2.05) is 48.5 Å². The summed E-state index contributed by atoms with van der Waals surface area (Å²) in [6.07, 6.45) is 3.38. The summed E-state index contributed by atoms with van der Waals surface area (Å²) in [5, 5.41) is 38.8. The van der Waals surface area contributed by atoms with Crippen molar-refractivity contribution in [1.82, 2.24) is 0 Å². The first kappa shape index (κ1) is 22.4. The van der Waals surface area contributed by atoms with Gasteiger partial charge >= 0.3 is 0 Å². The molecule has 8 heteroatoms. The Hall–Kier alpha value is -2.26. The number of quaternary nitrogens is 2. The number of rotatable bonds is 7. The average Bonchev–Trinajstić information content (AvgIpc) is 2.77. The molecular formula is C22H20Cl2N2O4. The lowest BCUT2D eigenvalue weighted by molar-refractivity contribution is -0.996. The van der Waals surface area contributed by atoms with Gasteiger partial charge in [0, 0.05) is 11.1 Å². The Morgan fingerprint density at radius 1 is 0.733 bits per heavy atom. The molecule has 0 saturated carbocycles. The molecule has 0 aromatic heterocycles. The van der Waals surface area contributed by atoms with Crippen LogP contribution in [0.25, 0.3) is 12.2 Å². The minimum absolute atomic E-state index is 0.127. The van der Waals surface area contributed by atoms with Gasteiger partial charge in [-0.25, -0.2) is 10.4 Å². The Labute approximate surface area is 183 Å². The van der Waals surface area contributed by atoms with E-state index in [-0.39, 0.29) is 16.9 Å². The maximum atomic E-state index is 11.8. The minimum Gasteiger partial charge on any atom is -0.595 e.